The average Bonchev–Trinajstić information content (AvgIpc) is 2.54. The zero-order valence-corrected chi connectivity index (χ0v) is 15.1. The summed E-state index contributed by atoms with van der Waals surface area (Å²) in [5.41, 5.74) is 3.47. The normalized spacial score (nSPS) is 11.3. The fourth-order valence-corrected chi connectivity index (χ4v) is 2.82. The topological polar surface area (TPSA) is 57.1 Å². The highest BCUT2D eigenvalue weighted by Gasteiger charge is 2.14. The second-order valence-corrected chi connectivity index (χ2v) is 7.20. The zero-order valence-electron chi connectivity index (χ0n) is 14.3. The summed E-state index contributed by atoms with van der Waals surface area (Å²) in [4.78, 5) is 12.8. The molecule has 0 unspecified atom stereocenters. The van der Waals surface area contributed by atoms with Crippen LogP contribution in [0.1, 0.15) is 37.6 Å². The van der Waals surface area contributed by atoms with E-state index in [1.807, 2.05) is 18.5 Å². The first-order valence-corrected chi connectivity index (χ1v) is 8.56. The number of pyridine rings is 1. The molecule has 2 rings (SSSR count). The van der Waals surface area contributed by atoms with E-state index in [2.05, 4.69) is 41.8 Å². The van der Waals surface area contributed by atoms with Crippen molar-refractivity contribution in [1.82, 2.24) is 15.0 Å². The summed E-state index contributed by atoms with van der Waals surface area (Å²) >= 11 is 1.78. The van der Waals surface area contributed by atoms with E-state index < -0.39 is 0 Å². The van der Waals surface area contributed by atoms with Gasteiger partial charge in [0.15, 0.2) is 0 Å². The van der Waals surface area contributed by atoms with Gasteiger partial charge in [-0.15, -0.1) is 0 Å². The summed E-state index contributed by atoms with van der Waals surface area (Å²) in [6.07, 6.45) is 3.86. The Kier molecular flexibility index (Phi) is 5.82. The van der Waals surface area contributed by atoms with Crippen molar-refractivity contribution in [1.29, 1.82) is 0 Å². The predicted octanol–water partition coefficient (Wildman–Crippen LogP) is 3.62. The van der Waals surface area contributed by atoms with E-state index in [1.165, 1.54) is 11.1 Å². The molecule has 0 saturated carbocycles. The van der Waals surface area contributed by atoms with Gasteiger partial charge in [-0.3, -0.25) is 4.98 Å². The van der Waals surface area contributed by atoms with Gasteiger partial charge >= 0.3 is 6.01 Å². The molecule has 2 aromatic rings. The Bertz CT molecular complexity index is 634. The largest absolute Gasteiger partial charge is 0.481 e. The van der Waals surface area contributed by atoms with Gasteiger partial charge < -0.3 is 9.47 Å². The van der Waals surface area contributed by atoms with Gasteiger partial charge in [0.1, 0.15) is 0 Å². The molecule has 0 aromatic carbocycles. The number of nitrogens with zero attached hydrogens (tertiary/aromatic N) is 3. The standard InChI is InChI=1S/C17H23N3O2S/c1-17(2,3)13-6-12(8-18-9-13)10-23-11-14-7-15(21-4)20-16(19-14)22-5/h6-9H,10-11H2,1-5H3. The van der Waals surface area contributed by atoms with Crippen molar-refractivity contribution >= 4 is 11.8 Å². The van der Waals surface area contributed by atoms with E-state index in [4.69, 9.17) is 9.47 Å². The molecular weight excluding hydrogens is 310 g/mol. The molecule has 0 aliphatic heterocycles. The summed E-state index contributed by atoms with van der Waals surface area (Å²) in [6, 6.07) is 4.39. The molecule has 0 amide bonds. The van der Waals surface area contributed by atoms with Crippen LogP contribution in [0.2, 0.25) is 0 Å². The molecule has 0 spiro atoms. The van der Waals surface area contributed by atoms with E-state index in [-0.39, 0.29) is 5.41 Å². The molecule has 2 heterocycles. The van der Waals surface area contributed by atoms with Gasteiger partial charge in [0, 0.05) is 30.0 Å². The number of hydrogen-bond donors (Lipinski definition) is 0. The summed E-state index contributed by atoms with van der Waals surface area (Å²) in [5.74, 6) is 2.16. The predicted molar refractivity (Wildman–Crippen MR) is 93.1 cm³/mol. The third-order valence-electron chi connectivity index (χ3n) is 3.31. The monoisotopic (exact) mass is 333 g/mol. The first-order chi connectivity index (χ1) is 10.9. The van der Waals surface area contributed by atoms with Crippen molar-refractivity contribution < 1.29 is 9.47 Å². The molecule has 23 heavy (non-hydrogen) atoms. The van der Waals surface area contributed by atoms with Crippen LogP contribution >= 0.6 is 11.8 Å². The van der Waals surface area contributed by atoms with E-state index in [0.717, 1.165) is 17.2 Å². The number of hydrogen-bond acceptors (Lipinski definition) is 6. The fourth-order valence-electron chi connectivity index (χ4n) is 1.97. The van der Waals surface area contributed by atoms with Crippen LogP contribution in [0.4, 0.5) is 0 Å². The van der Waals surface area contributed by atoms with Crippen molar-refractivity contribution in [2.75, 3.05) is 14.2 Å². The van der Waals surface area contributed by atoms with E-state index in [0.29, 0.717) is 11.9 Å². The van der Waals surface area contributed by atoms with Crippen LogP contribution in [0.15, 0.2) is 24.5 Å². The summed E-state index contributed by atoms with van der Waals surface area (Å²) in [6.45, 7) is 6.58. The maximum absolute atomic E-state index is 5.16. The molecule has 5 nitrogen and oxygen atoms in total. The minimum atomic E-state index is 0.112. The smallest absolute Gasteiger partial charge is 0.319 e. The highest BCUT2D eigenvalue weighted by atomic mass is 32.2. The van der Waals surface area contributed by atoms with Gasteiger partial charge in [0.05, 0.1) is 19.9 Å². The van der Waals surface area contributed by atoms with Gasteiger partial charge in [0.2, 0.25) is 5.88 Å². The highest BCUT2D eigenvalue weighted by molar-refractivity contribution is 7.97. The van der Waals surface area contributed by atoms with Crippen molar-refractivity contribution in [3.8, 4) is 11.9 Å². The lowest BCUT2D eigenvalue weighted by Gasteiger charge is -2.19. The van der Waals surface area contributed by atoms with Gasteiger partial charge in [0.25, 0.3) is 0 Å². The quantitative estimate of drug-likeness (QED) is 0.805. The van der Waals surface area contributed by atoms with Crippen molar-refractivity contribution in [2.24, 2.45) is 0 Å². The average molecular weight is 333 g/mol. The first-order valence-electron chi connectivity index (χ1n) is 7.40. The number of rotatable bonds is 6. The molecule has 0 saturated heterocycles. The van der Waals surface area contributed by atoms with Gasteiger partial charge in [-0.05, 0) is 16.5 Å². The summed E-state index contributed by atoms with van der Waals surface area (Å²) in [5, 5.41) is 0. The molecule has 0 fully saturated rings. The molecular formula is C17H23N3O2S. The van der Waals surface area contributed by atoms with Crippen molar-refractivity contribution in [3.63, 3.8) is 0 Å². The molecule has 0 atom stereocenters. The van der Waals surface area contributed by atoms with Crippen LogP contribution in [0.3, 0.4) is 0 Å². The Hall–Kier alpha value is -1.82. The Morgan fingerprint density at radius 1 is 1.00 bits per heavy atom. The third kappa shape index (κ3) is 5.10. The van der Waals surface area contributed by atoms with E-state index >= 15 is 0 Å². The Balaban J connectivity index is 2.00. The molecule has 0 aliphatic rings. The van der Waals surface area contributed by atoms with E-state index in [1.54, 1.807) is 26.0 Å². The number of aromatic nitrogens is 3. The molecule has 6 heteroatoms. The lowest BCUT2D eigenvalue weighted by molar-refractivity contribution is 0.350. The van der Waals surface area contributed by atoms with Crippen LogP contribution < -0.4 is 9.47 Å². The number of methoxy groups -OCH3 is 2. The third-order valence-corrected chi connectivity index (χ3v) is 4.34. The van der Waals surface area contributed by atoms with Crippen molar-refractivity contribution in [3.05, 3.63) is 41.3 Å². The first kappa shape index (κ1) is 17.5. The van der Waals surface area contributed by atoms with Crippen LogP contribution in [0, 0.1) is 0 Å². The molecule has 0 bridgehead atoms. The van der Waals surface area contributed by atoms with E-state index in [9.17, 15) is 0 Å². The minimum Gasteiger partial charge on any atom is -0.481 e. The highest BCUT2D eigenvalue weighted by Crippen LogP contribution is 2.25. The van der Waals surface area contributed by atoms with Crippen molar-refractivity contribution in [2.45, 2.75) is 37.7 Å². The number of thioether (sulfide) groups is 1. The van der Waals surface area contributed by atoms with Gasteiger partial charge in [-0.2, -0.15) is 21.7 Å². The maximum Gasteiger partial charge on any atom is 0.319 e. The van der Waals surface area contributed by atoms with Gasteiger partial charge in [-0.25, -0.2) is 0 Å². The van der Waals surface area contributed by atoms with Crippen LogP contribution in [0.25, 0.3) is 0 Å². The minimum absolute atomic E-state index is 0.112. The number of ether oxygens (including phenoxy) is 2. The molecule has 124 valence electrons. The fraction of sp³-hybridized carbons (Fsp3) is 0.471. The molecule has 0 radical (unpaired) electrons. The molecule has 2 aromatic heterocycles. The Labute approximate surface area is 141 Å². The van der Waals surface area contributed by atoms with Crippen LogP contribution in [-0.4, -0.2) is 29.2 Å². The lowest BCUT2D eigenvalue weighted by Crippen LogP contribution is -2.11. The lowest BCUT2D eigenvalue weighted by atomic mass is 9.88. The zero-order chi connectivity index (χ0) is 16.9. The molecule has 0 N–H and O–H groups in total. The van der Waals surface area contributed by atoms with Gasteiger partial charge in [-0.1, -0.05) is 26.8 Å². The summed E-state index contributed by atoms with van der Waals surface area (Å²) < 4.78 is 10.3. The Morgan fingerprint density at radius 3 is 2.43 bits per heavy atom. The second kappa shape index (κ2) is 7.64. The van der Waals surface area contributed by atoms with Crippen LogP contribution in [0.5, 0.6) is 11.9 Å². The second-order valence-electron chi connectivity index (χ2n) is 6.21. The maximum atomic E-state index is 5.16. The molecule has 0 aliphatic carbocycles. The Morgan fingerprint density at radius 2 is 1.78 bits per heavy atom. The SMILES string of the molecule is COc1cc(CSCc2cncc(C(C)(C)C)c2)nc(OC)n1. The summed E-state index contributed by atoms with van der Waals surface area (Å²) in [7, 11) is 3.14. The van der Waals surface area contributed by atoms with Crippen LogP contribution in [-0.2, 0) is 16.9 Å².